The van der Waals surface area contributed by atoms with Crippen LogP contribution in [0.2, 0.25) is 0 Å². The van der Waals surface area contributed by atoms with E-state index in [1.807, 2.05) is 66.7 Å². The fourth-order valence-corrected chi connectivity index (χ4v) is 4.26. The Hall–Kier alpha value is -4.58. The van der Waals surface area contributed by atoms with Gasteiger partial charge in [-0.2, -0.15) is 0 Å². The normalized spacial score (nSPS) is 15.0. The highest BCUT2D eigenvalue weighted by Gasteiger charge is 2.40. The molecule has 0 aromatic heterocycles. The van der Waals surface area contributed by atoms with E-state index in [9.17, 15) is 9.59 Å². The molecule has 0 fully saturated rings. The molecule has 0 atom stereocenters. The SMILES string of the molecule is O=C1C(Nc2ccc3c(c2)OCO3)=C(c2ccccc2)C(=O)N1c1cccc2ccccc12. The number of anilines is 2. The smallest absolute Gasteiger partial charge is 0.282 e. The summed E-state index contributed by atoms with van der Waals surface area (Å²) in [4.78, 5) is 28.7. The van der Waals surface area contributed by atoms with Gasteiger partial charge in [0.2, 0.25) is 6.79 Å². The molecule has 6 heteroatoms. The van der Waals surface area contributed by atoms with Gasteiger partial charge in [-0.05, 0) is 29.1 Å². The van der Waals surface area contributed by atoms with E-state index in [0.29, 0.717) is 34.0 Å². The second-order valence-electron chi connectivity index (χ2n) is 7.75. The lowest BCUT2D eigenvalue weighted by atomic mass is 10.0. The number of amides is 2. The maximum absolute atomic E-state index is 13.7. The van der Waals surface area contributed by atoms with Crippen molar-refractivity contribution in [3.05, 3.63) is 102 Å². The molecule has 0 radical (unpaired) electrons. The predicted molar refractivity (Wildman–Crippen MR) is 126 cm³/mol. The average Bonchev–Trinajstić information content (AvgIpc) is 3.41. The first-order chi connectivity index (χ1) is 16.2. The van der Waals surface area contributed by atoms with Crippen molar-refractivity contribution in [2.45, 2.75) is 0 Å². The Morgan fingerprint density at radius 3 is 2.36 bits per heavy atom. The molecule has 2 amide bonds. The number of rotatable bonds is 4. The summed E-state index contributed by atoms with van der Waals surface area (Å²) in [6.45, 7) is 0.156. The Labute approximate surface area is 189 Å². The van der Waals surface area contributed by atoms with Crippen LogP contribution in [0.15, 0.2) is 96.7 Å². The fourth-order valence-electron chi connectivity index (χ4n) is 4.26. The van der Waals surface area contributed by atoms with Crippen LogP contribution in [0, 0.1) is 0 Å². The minimum atomic E-state index is -0.409. The van der Waals surface area contributed by atoms with E-state index in [-0.39, 0.29) is 18.4 Å². The first-order valence-electron chi connectivity index (χ1n) is 10.5. The van der Waals surface area contributed by atoms with Crippen LogP contribution in [0.1, 0.15) is 5.56 Å². The summed E-state index contributed by atoms with van der Waals surface area (Å²) >= 11 is 0. The van der Waals surface area contributed by atoms with Crippen LogP contribution in [0.5, 0.6) is 11.5 Å². The lowest BCUT2D eigenvalue weighted by Crippen LogP contribution is -2.32. The number of nitrogens with zero attached hydrogens (tertiary/aromatic N) is 1. The zero-order valence-electron chi connectivity index (χ0n) is 17.4. The second-order valence-corrected chi connectivity index (χ2v) is 7.75. The van der Waals surface area contributed by atoms with Crippen molar-refractivity contribution in [2.75, 3.05) is 17.0 Å². The summed E-state index contributed by atoms with van der Waals surface area (Å²) in [7, 11) is 0. The number of carbonyl (C=O) groups excluding carboxylic acids is 2. The molecular weight excluding hydrogens is 416 g/mol. The highest BCUT2D eigenvalue weighted by Crippen LogP contribution is 2.39. The zero-order chi connectivity index (χ0) is 22.4. The number of fused-ring (bicyclic) bond motifs is 2. The van der Waals surface area contributed by atoms with Crippen LogP contribution in [-0.4, -0.2) is 18.6 Å². The number of hydrogen-bond acceptors (Lipinski definition) is 5. The van der Waals surface area contributed by atoms with Crippen LogP contribution in [-0.2, 0) is 9.59 Å². The van der Waals surface area contributed by atoms with Crippen LogP contribution < -0.4 is 19.7 Å². The van der Waals surface area contributed by atoms with Gasteiger partial charge in [-0.3, -0.25) is 9.59 Å². The summed E-state index contributed by atoms with van der Waals surface area (Å²) in [5.41, 5.74) is 2.40. The Kier molecular flexibility index (Phi) is 4.36. The Morgan fingerprint density at radius 2 is 1.48 bits per heavy atom. The minimum Gasteiger partial charge on any atom is -0.454 e. The van der Waals surface area contributed by atoms with E-state index in [2.05, 4.69) is 5.32 Å². The van der Waals surface area contributed by atoms with E-state index in [1.165, 1.54) is 4.90 Å². The van der Waals surface area contributed by atoms with E-state index < -0.39 is 5.91 Å². The molecular formula is C27H18N2O4. The van der Waals surface area contributed by atoms with Crippen molar-refractivity contribution in [3.63, 3.8) is 0 Å². The first-order valence-corrected chi connectivity index (χ1v) is 10.5. The zero-order valence-corrected chi connectivity index (χ0v) is 17.4. The van der Waals surface area contributed by atoms with Crippen molar-refractivity contribution in [1.29, 1.82) is 0 Å². The highest BCUT2D eigenvalue weighted by molar-refractivity contribution is 6.47. The third-order valence-corrected chi connectivity index (χ3v) is 5.80. The maximum Gasteiger partial charge on any atom is 0.282 e. The summed E-state index contributed by atoms with van der Waals surface area (Å²) in [5, 5.41) is 4.96. The molecule has 4 aromatic rings. The van der Waals surface area contributed by atoms with Gasteiger partial charge in [0.25, 0.3) is 11.8 Å². The van der Waals surface area contributed by atoms with Crippen LogP contribution >= 0.6 is 0 Å². The number of ether oxygens (including phenoxy) is 2. The molecule has 4 aromatic carbocycles. The lowest BCUT2D eigenvalue weighted by Gasteiger charge is -2.18. The van der Waals surface area contributed by atoms with Crippen molar-refractivity contribution in [1.82, 2.24) is 0 Å². The molecule has 0 saturated heterocycles. The predicted octanol–water partition coefficient (Wildman–Crippen LogP) is 4.97. The van der Waals surface area contributed by atoms with Crippen LogP contribution in [0.3, 0.4) is 0 Å². The molecule has 0 unspecified atom stereocenters. The molecule has 2 aliphatic heterocycles. The van der Waals surface area contributed by atoms with Crippen molar-refractivity contribution < 1.29 is 19.1 Å². The number of benzene rings is 4. The van der Waals surface area contributed by atoms with Crippen molar-refractivity contribution >= 4 is 39.5 Å². The number of nitrogens with one attached hydrogen (secondary N) is 1. The lowest BCUT2D eigenvalue weighted by molar-refractivity contribution is -0.120. The molecule has 2 heterocycles. The van der Waals surface area contributed by atoms with Gasteiger partial charge >= 0.3 is 0 Å². The molecule has 6 nitrogen and oxygen atoms in total. The number of carbonyl (C=O) groups is 2. The first kappa shape index (κ1) is 19.1. The van der Waals surface area contributed by atoms with E-state index >= 15 is 0 Å². The molecule has 33 heavy (non-hydrogen) atoms. The minimum absolute atomic E-state index is 0.156. The van der Waals surface area contributed by atoms with Crippen LogP contribution in [0.4, 0.5) is 11.4 Å². The van der Waals surface area contributed by atoms with Gasteiger partial charge in [0.15, 0.2) is 11.5 Å². The van der Waals surface area contributed by atoms with Gasteiger partial charge in [0.05, 0.1) is 11.3 Å². The summed E-state index contributed by atoms with van der Waals surface area (Å²) in [5.74, 6) is 0.451. The number of imide groups is 1. The van der Waals surface area contributed by atoms with Gasteiger partial charge in [0, 0.05) is 17.1 Å². The topological polar surface area (TPSA) is 67.9 Å². The summed E-state index contributed by atoms with van der Waals surface area (Å²) < 4.78 is 10.8. The third kappa shape index (κ3) is 3.11. The van der Waals surface area contributed by atoms with E-state index in [0.717, 1.165) is 10.8 Å². The molecule has 2 aliphatic rings. The molecule has 0 spiro atoms. The van der Waals surface area contributed by atoms with Gasteiger partial charge in [-0.15, -0.1) is 0 Å². The molecule has 160 valence electrons. The van der Waals surface area contributed by atoms with Crippen molar-refractivity contribution in [3.8, 4) is 11.5 Å². The highest BCUT2D eigenvalue weighted by atomic mass is 16.7. The largest absolute Gasteiger partial charge is 0.454 e. The van der Waals surface area contributed by atoms with Crippen molar-refractivity contribution in [2.24, 2.45) is 0 Å². The Balaban J connectivity index is 1.48. The number of hydrogen-bond donors (Lipinski definition) is 1. The summed E-state index contributed by atoms with van der Waals surface area (Å²) in [6.07, 6.45) is 0. The Morgan fingerprint density at radius 1 is 0.727 bits per heavy atom. The molecule has 0 saturated carbocycles. The maximum atomic E-state index is 13.7. The summed E-state index contributed by atoms with van der Waals surface area (Å²) in [6, 6.07) is 27.9. The van der Waals surface area contributed by atoms with E-state index in [4.69, 9.17) is 9.47 Å². The quantitative estimate of drug-likeness (QED) is 0.460. The second kappa shape index (κ2) is 7.53. The molecule has 6 rings (SSSR count). The van der Waals surface area contributed by atoms with Gasteiger partial charge in [0.1, 0.15) is 5.70 Å². The standard InChI is InChI=1S/C27H18N2O4/c30-26-24(18-8-2-1-3-9-18)25(28-19-13-14-22-23(15-19)33-16-32-22)27(31)29(26)21-12-6-10-17-7-4-5-11-20(17)21/h1-15,28H,16H2. The van der Waals surface area contributed by atoms with E-state index in [1.54, 1.807) is 24.3 Å². The Bertz CT molecular complexity index is 1450. The average molecular weight is 434 g/mol. The monoisotopic (exact) mass is 434 g/mol. The third-order valence-electron chi connectivity index (χ3n) is 5.80. The van der Waals surface area contributed by atoms with Gasteiger partial charge < -0.3 is 14.8 Å². The molecule has 1 N–H and O–H groups in total. The fraction of sp³-hybridized carbons (Fsp3) is 0.0370. The van der Waals surface area contributed by atoms with Gasteiger partial charge in [-0.25, -0.2) is 4.90 Å². The molecule has 0 aliphatic carbocycles. The van der Waals surface area contributed by atoms with Crippen LogP contribution in [0.25, 0.3) is 16.3 Å². The van der Waals surface area contributed by atoms with Gasteiger partial charge in [-0.1, -0.05) is 66.7 Å². The molecule has 0 bridgehead atoms.